The Bertz CT molecular complexity index is 842. The smallest absolute Gasteiger partial charge is 0.194 e. The number of hydrogen-bond acceptors (Lipinski definition) is 5. The molecule has 0 amide bonds. The molecule has 0 saturated heterocycles. The van der Waals surface area contributed by atoms with Gasteiger partial charge in [-0.2, -0.15) is 0 Å². The van der Waals surface area contributed by atoms with Crippen molar-refractivity contribution in [3.05, 3.63) is 51.5 Å². The molecule has 0 atom stereocenters. The summed E-state index contributed by atoms with van der Waals surface area (Å²) < 4.78 is 22.7. The molecular weight excluding hydrogens is 368 g/mol. The first-order chi connectivity index (χ1) is 12.3. The van der Waals surface area contributed by atoms with Gasteiger partial charge >= 0.3 is 0 Å². The molecule has 1 N–H and O–H groups in total. The van der Waals surface area contributed by atoms with E-state index < -0.39 is 9.84 Å². The van der Waals surface area contributed by atoms with E-state index in [1.54, 1.807) is 11.3 Å². The lowest BCUT2D eigenvalue weighted by Crippen LogP contribution is -2.38. The van der Waals surface area contributed by atoms with Gasteiger partial charge < -0.3 is 10.2 Å². The maximum Gasteiger partial charge on any atom is 0.194 e. The maximum atomic E-state index is 11.4. The number of rotatable bonds is 7. The van der Waals surface area contributed by atoms with Gasteiger partial charge in [0, 0.05) is 25.2 Å². The van der Waals surface area contributed by atoms with E-state index in [0.29, 0.717) is 13.1 Å². The number of aliphatic imine (C=N–C) groups is 1. The van der Waals surface area contributed by atoms with Gasteiger partial charge in [0.1, 0.15) is 0 Å². The Labute approximate surface area is 159 Å². The minimum absolute atomic E-state index is 0.0645. The predicted molar refractivity (Wildman–Crippen MR) is 108 cm³/mol. The van der Waals surface area contributed by atoms with Crippen molar-refractivity contribution < 1.29 is 8.42 Å². The van der Waals surface area contributed by atoms with E-state index in [1.165, 1.54) is 6.26 Å². The molecule has 0 spiro atoms. The molecule has 0 saturated carbocycles. The van der Waals surface area contributed by atoms with E-state index in [2.05, 4.69) is 25.6 Å². The fourth-order valence-corrected chi connectivity index (χ4v) is 3.88. The molecule has 142 valence electrons. The zero-order chi connectivity index (χ0) is 19.2. The normalized spacial score (nSPS) is 12.2. The quantitative estimate of drug-likeness (QED) is 0.577. The van der Waals surface area contributed by atoms with Gasteiger partial charge in [-0.25, -0.2) is 18.4 Å². The Kier molecular flexibility index (Phi) is 7.16. The minimum atomic E-state index is -3.01. The average molecular weight is 395 g/mol. The number of sulfone groups is 1. The molecule has 0 aliphatic heterocycles. The number of nitrogens with one attached hydrogen (secondary N) is 1. The summed E-state index contributed by atoms with van der Waals surface area (Å²) in [5.41, 5.74) is 2.87. The first-order valence-corrected chi connectivity index (χ1v) is 11.4. The minimum Gasteiger partial charge on any atom is -0.357 e. The number of hydrogen-bond donors (Lipinski definition) is 1. The summed E-state index contributed by atoms with van der Waals surface area (Å²) in [6.45, 7) is 6.05. The molecule has 8 heteroatoms. The Morgan fingerprint density at radius 1 is 1.27 bits per heavy atom. The van der Waals surface area contributed by atoms with E-state index in [0.717, 1.165) is 34.3 Å². The Balaban J connectivity index is 2.03. The maximum absolute atomic E-state index is 11.4. The number of aromatic nitrogens is 1. The first kappa shape index (κ1) is 20.4. The zero-order valence-electron chi connectivity index (χ0n) is 15.7. The third-order valence-electron chi connectivity index (χ3n) is 3.63. The van der Waals surface area contributed by atoms with Gasteiger partial charge in [0.05, 0.1) is 29.5 Å². The van der Waals surface area contributed by atoms with E-state index in [9.17, 15) is 8.42 Å². The summed E-state index contributed by atoms with van der Waals surface area (Å²) in [5.74, 6) is 0.882. The van der Waals surface area contributed by atoms with Crippen LogP contribution in [0.4, 0.5) is 0 Å². The second-order valence-corrected chi connectivity index (χ2v) is 9.47. The van der Waals surface area contributed by atoms with Crippen molar-refractivity contribution in [1.82, 2.24) is 15.2 Å². The van der Waals surface area contributed by atoms with Gasteiger partial charge in [-0.3, -0.25) is 0 Å². The van der Waals surface area contributed by atoms with Crippen LogP contribution in [0.2, 0.25) is 0 Å². The highest BCUT2D eigenvalue weighted by Gasteiger charge is 2.09. The molecule has 0 bridgehead atoms. The van der Waals surface area contributed by atoms with Crippen LogP contribution in [-0.4, -0.2) is 44.1 Å². The van der Waals surface area contributed by atoms with Crippen molar-refractivity contribution in [3.8, 4) is 0 Å². The molecular formula is C18H26N4O2S2. The molecule has 0 radical (unpaired) electrons. The van der Waals surface area contributed by atoms with Crippen LogP contribution in [0.25, 0.3) is 0 Å². The van der Waals surface area contributed by atoms with Crippen LogP contribution in [0.15, 0.2) is 34.6 Å². The molecule has 0 aliphatic rings. The molecule has 0 unspecified atom stereocenters. The second kappa shape index (κ2) is 9.14. The zero-order valence-corrected chi connectivity index (χ0v) is 17.3. The summed E-state index contributed by atoms with van der Waals surface area (Å²) in [6, 6.07) is 7.55. The molecule has 2 aromatic rings. The Morgan fingerprint density at radius 2 is 1.92 bits per heavy atom. The van der Waals surface area contributed by atoms with E-state index in [-0.39, 0.29) is 5.75 Å². The van der Waals surface area contributed by atoms with E-state index in [4.69, 9.17) is 0 Å². The number of thiazole rings is 1. The van der Waals surface area contributed by atoms with Crippen molar-refractivity contribution in [3.63, 3.8) is 0 Å². The fourth-order valence-electron chi connectivity index (χ4n) is 2.48. The van der Waals surface area contributed by atoms with Gasteiger partial charge in [-0.1, -0.05) is 24.3 Å². The van der Waals surface area contributed by atoms with Crippen molar-refractivity contribution in [2.24, 2.45) is 4.99 Å². The standard InChI is InChI=1S/C18H26N4O2S2/c1-5-19-18(22(3)11-17-12-25-14(2)21-17)20-10-15-6-8-16(9-7-15)13-26(4,23)24/h6-9,12H,5,10-11,13H2,1-4H3,(H,19,20). The summed E-state index contributed by atoms with van der Waals surface area (Å²) in [7, 11) is -1.02. The lowest BCUT2D eigenvalue weighted by Gasteiger charge is -2.21. The first-order valence-electron chi connectivity index (χ1n) is 8.43. The average Bonchev–Trinajstić information content (AvgIpc) is 2.96. The lowest BCUT2D eigenvalue weighted by atomic mass is 10.1. The van der Waals surface area contributed by atoms with Crippen LogP contribution in [-0.2, 0) is 28.7 Å². The largest absolute Gasteiger partial charge is 0.357 e. The topological polar surface area (TPSA) is 74.7 Å². The number of nitrogens with zero attached hydrogens (tertiary/aromatic N) is 3. The monoisotopic (exact) mass is 394 g/mol. The highest BCUT2D eigenvalue weighted by Crippen LogP contribution is 2.11. The Morgan fingerprint density at radius 3 is 2.46 bits per heavy atom. The van der Waals surface area contributed by atoms with Crippen LogP contribution in [0.5, 0.6) is 0 Å². The molecule has 1 aromatic carbocycles. The van der Waals surface area contributed by atoms with E-state index >= 15 is 0 Å². The number of benzene rings is 1. The highest BCUT2D eigenvalue weighted by molar-refractivity contribution is 7.89. The predicted octanol–water partition coefficient (Wildman–Crippen LogP) is 2.59. The second-order valence-electron chi connectivity index (χ2n) is 6.27. The van der Waals surface area contributed by atoms with Gasteiger partial charge in [-0.15, -0.1) is 11.3 Å². The van der Waals surface area contributed by atoms with Gasteiger partial charge in [-0.05, 0) is 25.0 Å². The summed E-state index contributed by atoms with van der Waals surface area (Å²) in [5, 5.41) is 6.42. The van der Waals surface area contributed by atoms with E-state index in [1.807, 2.05) is 45.2 Å². The summed E-state index contributed by atoms with van der Waals surface area (Å²) in [4.78, 5) is 11.2. The molecule has 0 fully saturated rings. The van der Waals surface area contributed by atoms with Gasteiger partial charge in [0.25, 0.3) is 0 Å². The third-order valence-corrected chi connectivity index (χ3v) is 5.31. The van der Waals surface area contributed by atoms with Crippen LogP contribution < -0.4 is 5.32 Å². The lowest BCUT2D eigenvalue weighted by molar-refractivity contribution is 0.471. The third kappa shape index (κ3) is 6.76. The fraction of sp³-hybridized carbons (Fsp3) is 0.444. The SMILES string of the molecule is CCNC(=NCc1ccc(CS(C)(=O)=O)cc1)N(C)Cc1csc(C)n1. The number of guanidine groups is 1. The van der Waals surface area contributed by atoms with Crippen molar-refractivity contribution in [1.29, 1.82) is 0 Å². The number of aryl methyl sites for hydroxylation is 1. The molecule has 1 heterocycles. The molecule has 26 heavy (non-hydrogen) atoms. The van der Waals surface area contributed by atoms with Crippen molar-refractivity contribution >= 4 is 27.1 Å². The highest BCUT2D eigenvalue weighted by atomic mass is 32.2. The summed E-state index contributed by atoms with van der Waals surface area (Å²) >= 11 is 1.65. The molecule has 2 rings (SSSR count). The Hall–Kier alpha value is -1.93. The van der Waals surface area contributed by atoms with Gasteiger partial charge in [0.2, 0.25) is 0 Å². The van der Waals surface area contributed by atoms with Crippen LogP contribution >= 0.6 is 11.3 Å². The van der Waals surface area contributed by atoms with Gasteiger partial charge in [0.15, 0.2) is 15.8 Å². The molecule has 0 aliphatic carbocycles. The molecule has 1 aromatic heterocycles. The molecule has 6 nitrogen and oxygen atoms in total. The van der Waals surface area contributed by atoms with Crippen LogP contribution in [0, 0.1) is 6.92 Å². The van der Waals surface area contributed by atoms with Crippen LogP contribution in [0.1, 0.15) is 28.8 Å². The van der Waals surface area contributed by atoms with Crippen molar-refractivity contribution in [2.45, 2.75) is 32.7 Å². The van der Waals surface area contributed by atoms with Crippen molar-refractivity contribution in [2.75, 3.05) is 19.8 Å². The summed E-state index contributed by atoms with van der Waals surface area (Å²) in [6.07, 6.45) is 1.24. The van der Waals surface area contributed by atoms with Crippen LogP contribution in [0.3, 0.4) is 0 Å².